The zero-order chi connectivity index (χ0) is 12.5. The highest BCUT2D eigenvalue weighted by Gasteiger charge is 2.23. The topological polar surface area (TPSA) is 52.6 Å². The fourth-order valence-electron chi connectivity index (χ4n) is 1.83. The third-order valence-electron chi connectivity index (χ3n) is 2.60. The van der Waals surface area contributed by atoms with E-state index in [-0.39, 0.29) is 11.5 Å². The van der Waals surface area contributed by atoms with Crippen LogP contribution < -0.4 is 9.47 Å². The van der Waals surface area contributed by atoms with Gasteiger partial charge in [0.15, 0.2) is 11.5 Å². The zero-order valence-corrected chi connectivity index (χ0v) is 9.25. The van der Waals surface area contributed by atoms with Gasteiger partial charge in [-0.2, -0.15) is 0 Å². The second kappa shape index (κ2) is 4.00. The van der Waals surface area contributed by atoms with Gasteiger partial charge in [0.2, 0.25) is 0 Å². The standard InChI is InChI=1S/C14H8O4/c15-12-6-7-13(16)18-14-10-5-3-1-2-4-9(10)8-11(14)17-12/h1-8H/b7-6-. The van der Waals surface area contributed by atoms with Crippen molar-refractivity contribution >= 4 is 11.9 Å². The maximum Gasteiger partial charge on any atom is 0.336 e. The molecule has 4 nitrogen and oxygen atoms in total. The minimum absolute atomic E-state index is 0.263. The van der Waals surface area contributed by atoms with E-state index in [1.54, 1.807) is 12.1 Å². The van der Waals surface area contributed by atoms with E-state index < -0.39 is 11.9 Å². The number of carbonyl (C=O) groups is 2. The first-order valence-electron chi connectivity index (χ1n) is 5.37. The van der Waals surface area contributed by atoms with Crippen LogP contribution in [0.2, 0.25) is 0 Å². The molecule has 3 rings (SSSR count). The van der Waals surface area contributed by atoms with Crippen molar-refractivity contribution in [3.8, 4) is 22.6 Å². The summed E-state index contributed by atoms with van der Waals surface area (Å²) >= 11 is 0. The summed E-state index contributed by atoms with van der Waals surface area (Å²) < 4.78 is 10.3. The molecule has 0 aromatic rings. The molecule has 3 aliphatic rings. The van der Waals surface area contributed by atoms with Gasteiger partial charge in [0, 0.05) is 17.7 Å². The molecule has 0 spiro atoms. The van der Waals surface area contributed by atoms with Crippen molar-refractivity contribution in [2.75, 3.05) is 0 Å². The highest BCUT2D eigenvalue weighted by atomic mass is 16.6. The summed E-state index contributed by atoms with van der Waals surface area (Å²) in [6.45, 7) is 0. The Kier molecular flexibility index (Phi) is 2.34. The fraction of sp³-hybridized carbons (Fsp3) is 0. The third kappa shape index (κ3) is 1.73. The molecule has 4 heteroatoms. The van der Waals surface area contributed by atoms with Crippen molar-refractivity contribution in [1.82, 2.24) is 0 Å². The van der Waals surface area contributed by atoms with Crippen molar-refractivity contribution in [1.29, 1.82) is 0 Å². The monoisotopic (exact) mass is 240 g/mol. The predicted octanol–water partition coefficient (Wildman–Crippen LogP) is 2.17. The fourth-order valence-corrected chi connectivity index (χ4v) is 1.83. The molecule has 0 fully saturated rings. The Bertz CT molecular complexity index is 642. The van der Waals surface area contributed by atoms with E-state index in [4.69, 9.17) is 9.47 Å². The Labute approximate surface area is 103 Å². The van der Waals surface area contributed by atoms with Gasteiger partial charge in [0.1, 0.15) is 0 Å². The smallest absolute Gasteiger partial charge is 0.336 e. The van der Waals surface area contributed by atoms with E-state index >= 15 is 0 Å². The van der Waals surface area contributed by atoms with Crippen molar-refractivity contribution in [3.63, 3.8) is 0 Å². The minimum atomic E-state index is -0.591. The second-order valence-electron chi connectivity index (χ2n) is 3.79. The van der Waals surface area contributed by atoms with Crippen molar-refractivity contribution in [3.05, 3.63) is 48.6 Å². The van der Waals surface area contributed by atoms with Gasteiger partial charge in [-0.05, 0) is 11.6 Å². The van der Waals surface area contributed by atoms with Gasteiger partial charge in [-0.15, -0.1) is 0 Å². The Hall–Kier alpha value is -2.62. The van der Waals surface area contributed by atoms with Crippen LogP contribution in [0.25, 0.3) is 11.1 Å². The summed E-state index contributed by atoms with van der Waals surface area (Å²) in [4.78, 5) is 22.8. The second-order valence-corrected chi connectivity index (χ2v) is 3.79. The molecule has 0 N–H and O–H groups in total. The molecule has 0 radical (unpaired) electrons. The molecule has 0 saturated carbocycles. The molecule has 0 aromatic heterocycles. The zero-order valence-electron chi connectivity index (χ0n) is 9.25. The van der Waals surface area contributed by atoms with Gasteiger partial charge < -0.3 is 9.47 Å². The van der Waals surface area contributed by atoms with E-state index in [2.05, 4.69) is 0 Å². The summed E-state index contributed by atoms with van der Waals surface area (Å²) in [6, 6.07) is 10.9. The van der Waals surface area contributed by atoms with E-state index in [1.165, 1.54) is 0 Å². The van der Waals surface area contributed by atoms with Crippen LogP contribution in [0.15, 0.2) is 48.6 Å². The van der Waals surface area contributed by atoms with Crippen LogP contribution >= 0.6 is 0 Å². The molecule has 0 saturated heterocycles. The number of carbonyl (C=O) groups excluding carboxylic acids is 2. The van der Waals surface area contributed by atoms with Crippen LogP contribution in [-0.2, 0) is 9.59 Å². The molecule has 0 bridgehead atoms. The SMILES string of the molecule is O=C1/C=C\C(=O)Oc2c(cc3cccccc2-3)O1. The highest BCUT2D eigenvalue weighted by Crippen LogP contribution is 2.43. The first kappa shape index (κ1) is 10.5. The summed E-state index contributed by atoms with van der Waals surface area (Å²) in [6.07, 6.45) is 2.09. The highest BCUT2D eigenvalue weighted by molar-refractivity contribution is 5.97. The number of hydrogen-bond donors (Lipinski definition) is 0. The Morgan fingerprint density at radius 1 is 0.833 bits per heavy atom. The average Bonchev–Trinajstić information content (AvgIpc) is 2.53. The molecule has 88 valence electrons. The number of rotatable bonds is 0. The molecule has 18 heavy (non-hydrogen) atoms. The van der Waals surface area contributed by atoms with Crippen LogP contribution in [0.3, 0.4) is 0 Å². The number of fused-ring (bicyclic) bond motifs is 3. The quantitative estimate of drug-likeness (QED) is 0.662. The van der Waals surface area contributed by atoms with Gasteiger partial charge in [0.25, 0.3) is 0 Å². The lowest BCUT2D eigenvalue weighted by molar-refractivity contribution is -0.133. The van der Waals surface area contributed by atoms with E-state index in [1.807, 2.05) is 24.3 Å². The first-order chi connectivity index (χ1) is 8.74. The van der Waals surface area contributed by atoms with Crippen molar-refractivity contribution in [2.24, 2.45) is 0 Å². The molecule has 2 aliphatic carbocycles. The largest absolute Gasteiger partial charge is 0.419 e. The average molecular weight is 240 g/mol. The lowest BCUT2D eigenvalue weighted by Gasteiger charge is -2.07. The van der Waals surface area contributed by atoms with Crippen LogP contribution in [-0.4, -0.2) is 11.9 Å². The van der Waals surface area contributed by atoms with Gasteiger partial charge in [-0.3, -0.25) is 0 Å². The van der Waals surface area contributed by atoms with Crippen molar-refractivity contribution in [2.45, 2.75) is 0 Å². The Balaban J connectivity index is 2.21. The summed E-state index contributed by atoms with van der Waals surface area (Å²) in [5, 5.41) is 0. The number of esters is 2. The summed E-state index contributed by atoms with van der Waals surface area (Å²) in [5.74, 6) is -0.637. The van der Waals surface area contributed by atoms with Gasteiger partial charge >= 0.3 is 11.9 Å². The molecule has 0 aromatic carbocycles. The van der Waals surface area contributed by atoms with E-state index in [9.17, 15) is 9.59 Å². The van der Waals surface area contributed by atoms with Gasteiger partial charge in [0.05, 0.1) is 0 Å². The number of ether oxygens (including phenoxy) is 2. The van der Waals surface area contributed by atoms with Crippen molar-refractivity contribution < 1.29 is 19.1 Å². The molecule has 0 atom stereocenters. The lowest BCUT2D eigenvalue weighted by Crippen LogP contribution is -2.12. The molecule has 0 amide bonds. The Morgan fingerprint density at radius 2 is 1.56 bits per heavy atom. The van der Waals surface area contributed by atoms with Crippen LogP contribution in [0.1, 0.15) is 0 Å². The van der Waals surface area contributed by atoms with Crippen LogP contribution in [0, 0.1) is 0 Å². The van der Waals surface area contributed by atoms with Crippen LogP contribution in [0.4, 0.5) is 0 Å². The molecule has 1 heterocycles. The van der Waals surface area contributed by atoms with Crippen LogP contribution in [0.5, 0.6) is 11.5 Å². The first-order valence-corrected chi connectivity index (χ1v) is 5.37. The third-order valence-corrected chi connectivity index (χ3v) is 2.60. The minimum Gasteiger partial charge on any atom is -0.419 e. The molecular weight excluding hydrogens is 232 g/mol. The predicted molar refractivity (Wildman–Crippen MR) is 63.5 cm³/mol. The molecular formula is C14H8O4. The van der Waals surface area contributed by atoms with Gasteiger partial charge in [-0.25, -0.2) is 9.59 Å². The normalized spacial score (nSPS) is 16.2. The summed E-state index contributed by atoms with van der Waals surface area (Å²) in [5.41, 5.74) is 1.57. The maximum atomic E-state index is 11.4. The maximum absolute atomic E-state index is 11.4. The van der Waals surface area contributed by atoms with Gasteiger partial charge in [-0.1, -0.05) is 30.3 Å². The molecule has 1 aliphatic heterocycles. The Morgan fingerprint density at radius 3 is 2.39 bits per heavy atom. The van der Waals surface area contributed by atoms with E-state index in [0.717, 1.165) is 23.3 Å². The molecule has 0 unspecified atom stereocenters. The lowest BCUT2D eigenvalue weighted by atomic mass is 10.2. The summed E-state index contributed by atoms with van der Waals surface area (Å²) in [7, 11) is 0. The number of hydrogen-bond acceptors (Lipinski definition) is 4. The van der Waals surface area contributed by atoms with E-state index in [0.29, 0.717) is 0 Å².